The number of halogens is 2. The molecule has 0 fully saturated rings. The molecule has 1 aromatic rings. The number of hydrogen-bond donors (Lipinski definition) is 1. The first kappa shape index (κ1) is 9.00. The normalized spacial score (nSPS) is 9.67. The van der Waals surface area contributed by atoms with E-state index in [1.807, 2.05) is 0 Å². The Morgan fingerprint density at radius 2 is 2.00 bits per heavy atom. The van der Waals surface area contributed by atoms with Crippen LogP contribution in [0.4, 0.5) is 8.78 Å². The van der Waals surface area contributed by atoms with Crippen LogP contribution in [-0.2, 0) is 0 Å². The fourth-order valence-electron chi connectivity index (χ4n) is 0.809. The Balaban J connectivity index is 3.08. The van der Waals surface area contributed by atoms with Gasteiger partial charge in [-0.2, -0.15) is 4.39 Å². The van der Waals surface area contributed by atoms with Gasteiger partial charge in [-0.3, -0.25) is 0 Å². The number of aryl methyl sites for hydroxylation is 1. The lowest BCUT2D eigenvalue weighted by atomic mass is 10.2. The van der Waals surface area contributed by atoms with Crippen molar-refractivity contribution in [1.82, 2.24) is 0 Å². The highest BCUT2D eigenvalue weighted by Gasteiger charge is 2.11. The molecule has 5 heteroatoms. The minimum atomic E-state index is -1.07. The third kappa shape index (κ3) is 1.56. The molecule has 0 spiro atoms. The van der Waals surface area contributed by atoms with Crippen molar-refractivity contribution >= 4 is 7.69 Å². The molecule has 0 aromatic heterocycles. The van der Waals surface area contributed by atoms with Crippen LogP contribution >= 0.6 is 0 Å². The smallest absolute Gasteiger partial charge is 0.504 e. The maximum absolute atomic E-state index is 12.8. The maximum Gasteiger partial charge on any atom is 0.504 e. The van der Waals surface area contributed by atoms with Crippen molar-refractivity contribution < 1.29 is 18.5 Å². The zero-order valence-corrected chi connectivity index (χ0v) is 6.47. The Kier molecular flexibility index (Phi) is 2.65. The Morgan fingerprint density at radius 1 is 1.33 bits per heavy atom. The molecule has 0 aliphatic heterocycles. The molecule has 1 rings (SSSR count). The predicted octanol–water partition coefficient (Wildman–Crippen LogP) is 0.911. The van der Waals surface area contributed by atoms with Crippen molar-refractivity contribution in [2.75, 3.05) is 0 Å². The second kappa shape index (κ2) is 3.54. The lowest BCUT2D eigenvalue weighted by Crippen LogP contribution is -2.03. The Morgan fingerprint density at radius 3 is 2.58 bits per heavy atom. The van der Waals surface area contributed by atoms with Gasteiger partial charge < -0.3 is 9.68 Å². The van der Waals surface area contributed by atoms with Gasteiger partial charge in [-0.25, -0.2) is 4.39 Å². The molecular formula is C7H7BF2O2. The molecule has 0 aliphatic rings. The highest BCUT2D eigenvalue weighted by molar-refractivity contribution is 6.17. The second-order valence-corrected chi connectivity index (χ2v) is 2.28. The Hall–Kier alpha value is -1.10. The molecule has 2 nitrogen and oxygen atoms in total. The first-order valence-electron chi connectivity index (χ1n) is 3.35. The molecule has 0 aliphatic carbocycles. The predicted molar refractivity (Wildman–Crippen MR) is 41.1 cm³/mol. The van der Waals surface area contributed by atoms with Gasteiger partial charge in [-0.15, -0.1) is 0 Å². The molecule has 0 saturated carbocycles. The van der Waals surface area contributed by atoms with E-state index in [-0.39, 0.29) is 11.3 Å². The van der Waals surface area contributed by atoms with Gasteiger partial charge >= 0.3 is 7.69 Å². The van der Waals surface area contributed by atoms with Gasteiger partial charge in [-0.05, 0) is 18.6 Å². The number of rotatable bonds is 2. The first-order valence-corrected chi connectivity index (χ1v) is 3.35. The van der Waals surface area contributed by atoms with Crippen LogP contribution in [-0.4, -0.2) is 12.7 Å². The standard InChI is InChI=1S/C7H7BF2O2/c1-4-2-3-5(12-8-11)7(10)6(4)9/h2-3,8,11H,1H3. The quantitative estimate of drug-likeness (QED) is 0.671. The summed E-state index contributed by atoms with van der Waals surface area (Å²) in [5, 5.41) is 8.29. The molecule has 0 saturated heterocycles. The minimum Gasteiger partial charge on any atom is -0.537 e. The van der Waals surface area contributed by atoms with Crippen LogP contribution < -0.4 is 4.65 Å². The fourth-order valence-corrected chi connectivity index (χ4v) is 0.809. The van der Waals surface area contributed by atoms with Crippen molar-refractivity contribution in [2.24, 2.45) is 0 Å². The molecule has 0 unspecified atom stereocenters. The molecule has 0 bridgehead atoms. The molecule has 64 valence electrons. The molecule has 1 N–H and O–H groups in total. The Labute approximate surface area is 69.1 Å². The first-order chi connectivity index (χ1) is 5.66. The van der Waals surface area contributed by atoms with E-state index >= 15 is 0 Å². The highest BCUT2D eigenvalue weighted by atomic mass is 19.2. The van der Waals surface area contributed by atoms with Crippen LogP contribution in [0.1, 0.15) is 5.56 Å². The summed E-state index contributed by atoms with van der Waals surface area (Å²) in [5.41, 5.74) is 0.206. The van der Waals surface area contributed by atoms with E-state index in [0.29, 0.717) is 0 Å². The van der Waals surface area contributed by atoms with Crippen LogP contribution in [0.5, 0.6) is 5.75 Å². The summed E-state index contributed by atoms with van der Waals surface area (Å²) in [6.45, 7) is 1.45. The fraction of sp³-hybridized carbons (Fsp3) is 0.143. The largest absolute Gasteiger partial charge is 0.537 e. The average molecular weight is 172 g/mol. The molecule has 1 aromatic carbocycles. The van der Waals surface area contributed by atoms with Crippen LogP contribution in [0.15, 0.2) is 12.1 Å². The van der Waals surface area contributed by atoms with E-state index in [1.54, 1.807) is 0 Å². The Bertz CT molecular complexity index is 291. The lowest BCUT2D eigenvalue weighted by molar-refractivity contribution is 0.413. The van der Waals surface area contributed by atoms with E-state index in [9.17, 15) is 8.78 Å². The second-order valence-electron chi connectivity index (χ2n) is 2.28. The number of hydrogen-bond acceptors (Lipinski definition) is 2. The third-order valence-electron chi connectivity index (χ3n) is 1.46. The summed E-state index contributed by atoms with van der Waals surface area (Å²) in [6, 6.07) is 2.65. The van der Waals surface area contributed by atoms with Gasteiger partial charge in [0.15, 0.2) is 11.6 Å². The highest BCUT2D eigenvalue weighted by Crippen LogP contribution is 2.21. The third-order valence-corrected chi connectivity index (χ3v) is 1.46. The molecule has 0 atom stereocenters. The molecule has 12 heavy (non-hydrogen) atoms. The lowest BCUT2D eigenvalue weighted by Gasteiger charge is -2.05. The average Bonchev–Trinajstić information content (AvgIpc) is 2.07. The summed E-state index contributed by atoms with van der Waals surface area (Å²) >= 11 is 0. The SMILES string of the molecule is Cc1ccc(OBO)c(F)c1F. The summed E-state index contributed by atoms with van der Waals surface area (Å²) in [4.78, 5) is 0. The van der Waals surface area contributed by atoms with Gasteiger partial charge in [-0.1, -0.05) is 6.07 Å². The minimum absolute atomic E-state index is 0.206. The monoisotopic (exact) mass is 172 g/mol. The van der Waals surface area contributed by atoms with Crippen molar-refractivity contribution in [1.29, 1.82) is 0 Å². The summed E-state index contributed by atoms with van der Waals surface area (Å²) in [5.74, 6) is -2.29. The van der Waals surface area contributed by atoms with Crippen molar-refractivity contribution in [3.05, 3.63) is 29.3 Å². The van der Waals surface area contributed by atoms with Crippen molar-refractivity contribution in [3.8, 4) is 5.75 Å². The summed E-state index contributed by atoms with van der Waals surface area (Å²) in [6.07, 6.45) is 0. The molecule has 0 heterocycles. The number of benzene rings is 1. The zero-order chi connectivity index (χ0) is 9.14. The topological polar surface area (TPSA) is 29.5 Å². The molecular weight excluding hydrogens is 165 g/mol. The molecule has 0 radical (unpaired) electrons. The van der Waals surface area contributed by atoms with Crippen LogP contribution in [0.2, 0.25) is 0 Å². The zero-order valence-electron chi connectivity index (χ0n) is 6.47. The van der Waals surface area contributed by atoms with E-state index in [4.69, 9.17) is 5.02 Å². The van der Waals surface area contributed by atoms with E-state index in [0.717, 1.165) is 0 Å². The van der Waals surface area contributed by atoms with Crippen LogP contribution in [0.3, 0.4) is 0 Å². The summed E-state index contributed by atoms with van der Waals surface area (Å²) < 4.78 is 30.0. The van der Waals surface area contributed by atoms with Crippen molar-refractivity contribution in [2.45, 2.75) is 6.92 Å². The van der Waals surface area contributed by atoms with Crippen LogP contribution in [0.25, 0.3) is 0 Å². The van der Waals surface area contributed by atoms with E-state index < -0.39 is 19.3 Å². The van der Waals surface area contributed by atoms with Crippen LogP contribution in [0, 0.1) is 18.6 Å². The van der Waals surface area contributed by atoms with Gasteiger partial charge in [0, 0.05) is 0 Å². The maximum atomic E-state index is 12.8. The molecule has 0 amide bonds. The van der Waals surface area contributed by atoms with Gasteiger partial charge in [0.2, 0.25) is 0 Å². The van der Waals surface area contributed by atoms with E-state index in [1.165, 1.54) is 19.1 Å². The van der Waals surface area contributed by atoms with Gasteiger partial charge in [0.05, 0.1) is 0 Å². The van der Waals surface area contributed by atoms with Gasteiger partial charge in [0.25, 0.3) is 0 Å². The van der Waals surface area contributed by atoms with E-state index in [2.05, 4.69) is 4.65 Å². The summed E-state index contributed by atoms with van der Waals surface area (Å²) in [7, 11) is -0.667. The van der Waals surface area contributed by atoms with Gasteiger partial charge in [0.1, 0.15) is 5.75 Å². The van der Waals surface area contributed by atoms with Crippen molar-refractivity contribution in [3.63, 3.8) is 0 Å².